The van der Waals surface area contributed by atoms with Crippen molar-refractivity contribution < 1.29 is 24.2 Å². The first-order chi connectivity index (χ1) is 16.6. The summed E-state index contributed by atoms with van der Waals surface area (Å²) in [6, 6.07) is 12.4. The SMILES string of the molecule is O=C(O)CCCC=CC[C@H]1[C@@H](OCc2csc(-c3ccccc3)c2)CC(=O)[C@@H]1N1CCOCC1. The van der Waals surface area contributed by atoms with Crippen LogP contribution in [0.4, 0.5) is 0 Å². The van der Waals surface area contributed by atoms with E-state index in [1.807, 2.05) is 24.3 Å². The van der Waals surface area contributed by atoms with Gasteiger partial charge in [0.15, 0.2) is 5.78 Å². The number of carboxylic acid groups (broad SMARTS) is 1. The number of hydrogen-bond acceptors (Lipinski definition) is 6. The van der Waals surface area contributed by atoms with Crippen LogP contribution in [0, 0.1) is 5.92 Å². The molecule has 0 amide bonds. The molecule has 0 spiro atoms. The number of allylic oxidation sites excluding steroid dienone is 2. The van der Waals surface area contributed by atoms with Crippen molar-refractivity contribution in [3.8, 4) is 10.4 Å². The highest BCUT2D eigenvalue weighted by atomic mass is 32.1. The van der Waals surface area contributed by atoms with Gasteiger partial charge in [0.1, 0.15) is 0 Å². The quantitative estimate of drug-likeness (QED) is 0.366. The summed E-state index contributed by atoms with van der Waals surface area (Å²) in [5.41, 5.74) is 2.34. The third-order valence-corrected chi connectivity index (χ3v) is 7.59. The van der Waals surface area contributed by atoms with Gasteiger partial charge in [0.2, 0.25) is 0 Å². The molecular formula is C27H33NO5S. The van der Waals surface area contributed by atoms with E-state index in [1.54, 1.807) is 11.3 Å². The van der Waals surface area contributed by atoms with E-state index in [1.165, 1.54) is 10.4 Å². The molecule has 2 fully saturated rings. The Hall–Kier alpha value is -2.32. The predicted octanol–water partition coefficient (Wildman–Crippen LogP) is 4.79. The van der Waals surface area contributed by atoms with Crippen LogP contribution in [-0.4, -0.2) is 60.2 Å². The van der Waals surface area contributed by atoms with Gasteiger partial charge in [0.05, 0.1) is 32.0 Å². The standard InChI is InChI=1S/C27H33NO5S/c29-23-17-24(33-18-20-16-25(34-19-20)21-8-4-3-5-9-21)22(10-6-1-2-7-11-26(30)31)27(23)28-12-14-32-15-13-28/h1,3-6,8-9,16,19,22,24,27H,2,7,10-15,17-18H2,(H,30,31)/t22-,24-,27+/m0/s1. The van der Waals surface area contributed by atoms with E-state index in [0.717, 1.165) is 31.5 Å². The van der Waals surface area contributed by atoms with Crippen LogP contribution in [0.15, 0.2) is 53.9 Å². The first kappa shape index (κ1) is 24.8. The Kier molecular flexibility index (Phi) is 9.04. The highest BCUT2D eigenvalue weighted by molar-refractivity contribution is 7.13. The molecule has 1 aromatic heterocycles. The van der Waals surface area contributed by atoms with Gasteiger partial charge in [-0.25, -0.2) is 0 Å². The summed E-state index contributed by atoms with van der Waals surface area (Å²) in [5, 5.41) is 10.9. The zero-order valence-electron chi connectivity index (χ0n) is 19.4. The van der Waals surface area contributed by atoms with E-state index in [2.05, 4.69) is 34.6 Å². The van der Waals surface area contributed by atoms with Gasteiger partial charge in [0.25, 0.3) is 0 Å². The van der Waals surface area contributed by atoms with Gasteiger partial charge < -0.3 is 14.6 Å². The van der Waals surface area contributed by atoms with E-state index in [9.17, 15) is 9.59 Å². The maximum absolute atomic E-state index is 13.1. The molecule has 1 saturated heterocycles. The number of rotatable bonds is 11. The van der Waals surface area contributed by atoms with Gasteiger partial charge in [0, 0.05) is 36.7 Å². The topological polar surface area (TPSA) is 76.1 Å². The number of thiophene rings is 1. The molecule has 182 valence electrons. The monoisotopic (exact) mass is 483 g/mol. The lowest BCUT2D eigenvalue weighted by Crippen LogP contribution is -2.49. The fourth-order valence-electron chi connectivity index (χ4n) is 4.86. The summed E-state index contributed by atoms with van der Waals surface area (Å²) >= 11 is 1.71. The highest BCUT2D eigenvalue weighted by Gasteiger charge is 2.45. The van der Waals surface area contributed by atoms with Crippen LogP contribution < -0.4 is 0 Å². The van der Waals surface area contributed by atoms with Gasteiger partial charge in [-0.15, -0.1) is 11.3 Å². The van der Waals surface area contributed by atoms with Crippen molar-refractivity contribution in [2.75, 3.05) is 26.3 Å². The van der Waals surface area contributed by atoms with E-state index in [4.69, 9.17) is 14.6 Å². The van der Waals surface area contributed by atoms with Crippen molar-refractivity contribution in [3.63, 3.8) is 0 Å². The van der Waals surface area contributed by atoms with Crippen LogP contribution in [0.2, 0.25) is 0 Å². The number of ketones is 1. The molecule has 4 rings (SSSR count). The predicted molar refractivity (Wildman–Crippen MR) is 133 cm³/mol. The van der Waals surface area contributed by atoms with Crippen molar-refractivity contribution in [1.82, 2.24) is 4.90 Å². The second-order valence-corrected chi connectivity index (χ2v) is 9.87. The van der Waals surface area contributed by atoms with Crippen molar-refractivity contribution in [2.45, 2.75) is 50.9 Å². The summed E-state index contributed by atoms with van der Waals surface area (Å²) < 4.78 is 11.9. The van der Waals surface area contributed by atoms with Crippen molar-refractivity contribution in [2.24, 2.45) is 5.92 Å². The Bertz CT molecular complexity index is 966. The Morgan fingerprint density at radius 3 is 2.76 bits per heavy atom. The molecule has 1 aromatic carbocycles. The number of aliphatic carboxylic acids is 1. The van der Waals surface area contributed by atoms with E-state index in [-0.39, 0.29) is 30.3 Å². The van der Waals surface area contributed by atoms with Crippen LogP contribution in [0.1, 0.15) is 37.7 Å². The molecule has 6 nitrogen and oxygen atoms in total. The van der Waals surface area contributed by atoms with Gasteiger partial charge in [-0.2, -0.15) is 0 Å². The number of ether oxygens (including phenoxy) is 2. The first-order valence-corrected chi connectivity index (χ1v) is 13.0. The van der Waals surface area contributed by atoms with Crippen LogP contribution in [0.25, 0.3) is 10.4 Å². The maximum Gasteiger partial charge on any atom is 0.303 e. The minimum absolute atomic E-state index is 0.0913. The Morgan fingerprint density at radius 2 is 2.00 bits per heavy atom. The molecular weight excluding hydrogens is 450 g/mol. The third-order valence-electron chi connectivity index (χ3n) is 6.57. The molecule has 1 aliphatic heterocycles. The zero-order valence-corrected chi connectivity index (χ0v) is 20.3. The largest absolute Gasteiger partial charge is 0.481 e. The molecule has 1 saturated carbocycles. The first-order valence-electron chi connectivity index (χ1n) is 12.1. The fraction of sp³-hybridized carbons (Fsp3) is 0.481. The molecule has 2 aromatic rings. The van der Waals surface area contributed by atoms with E-state index in [0.29, 0.717) is 32.7 Å². The lowest BCUT2D eigenvalue weighted by Gasteiger charge is -2.35. The second kappa shape index (κ2) is 12.4. The van der Waals surface area contributed by atoms with Crippen LogP contribution in [0.5, 0.6) is 0 Å². The van der Waals surface area contributed by atoms with Crippen LogP contribution in [0.3, 0.4) is 0 Å². The molecule has 34 heavy (non-hydrogen) atoms. The smallest absolute Gasteiger partial charge is 0.303 e. The Balaban J connectivity index is 1.39. The number of Topliss-reactive ketones (excluding diaryl/α,β-unsaturated/α-hetero) is 1. The molecule has 1 N–H and O–H groups in total. The van der Waals surface area contributed by atoms with E-state index >= 15 is 0 Å². The van der Waals surface area contributed by atoms with Crippen molar-refractivity contribution >= 4 is 23.1 Å². The summed E-state index contributed by atoms with van der Waals surface area (Å²) in [7, 11) is 0. The molecule has 0 radical (unpaired) electrons. The number of morpholine rings is 1. The normalized spacial score (nSPS) is 23.6. The number of hydrogen-bond donors (Lipinski definition) is 1. The lowest BCUT2D eigenvalue weighted by molar-refractivity contribution is -0.137. The average Bonchev–Trinajstić information content (AvgIpc) is 3.45. The molecule has 1 aliphatic carbocycles. The average molecular weight is 484 g/mol. The number of unbranched alkanes of at least 4 members (excludes halogenated alkanes) is 1. The van der Waals surface area contributed by atoms with Gasteiger partial charge in [-0.1, -0.05) is 42.5 Å². The highest BCUT2D eigenvalue weighted by Crippen LogP contribution is 2.35. The maximum atomic E-state index is 13.1. The van der Waals surface area contributed by atoms with E-state index < -0.39 is 5.97 Å². The van der Waals surface area contributed by atoms with Crippen LogP contribution >= 0.6 is 11.3 Å². The minimum atomic E-state index is -0.764. The summed E-state index contributed by atoms with van der Waals surface area (Å²) in [4.78, 5) is 27.2. The number of nitrogens with zero attached hydrogens (tertiary/aromatic N) is 1. The molecule has 0 bridgehead atoms. The summed E-state index contributed by atoms with van der Waals surface area (Å²) in [5.74, 6) is -0.417. The van der Waals surface area contributed by atoms with Crippen molar-refractivity contribution in [3.05, 3.63) is 59.5 Å². The van der Waals surface area contributed by atoms with Crippen molar-refractivity contribution in [1.29, 1.82) is 0 Å². The van der Waals surface area contributed by atoms with Gasteiger partial charge in [-0.05, 0) is 41.8 Å². The van der Waals surface area contributed by atoms with Gasteiger partial charge in [-0.3, -0.25) is 14.5 Å². The third kappa shape index (κ3) is 6.63. The number of carbonyl (C=O) groups is 2. The number of carboxylic acids is 1. The van der Waals surface area contributed by atoms with Crippen LogP contribution in [-0.2, 0) is 25.7 Å². The Labute approximate surface area is 205 Å². The van der Waals surface area contributed by atoms with Gasteiger partial charge >= 0.3 is 5.97 Å². The Morgan fingerprint density at radius 1 is 1.21 bits per heavy atom. The lowest BCUT2D eigenvalue weighted by atomic mass is 9.95. The number of carbonyl (C=O) groups excluding carboxylic acids is 1. The number of benzene rings is 1. The molecule has 2 heterocycles. The molecule has 7 heteroatoms. The molecule has 2 aliphatic rings. The molecule has 0 unspecified atom stereocenters. The summed E-state index contributed by atoms with van der Waals surface area (Å²) in [6.07, 6.45) is 6.77. The zero-order chi connectivity index (χ0) is 23.8. The summed E-state index contributed by atoms with van der Waals surface area (Å²) in [6.45, 7) is 3.35. The fourth-order valence-corrected chi connectivity index (χ4v) is 5.76. The second-order valence-electron chi connectivity index (χ2n) is 8.96. The molecule has 3 atom stereocenters. The minimum Gasteiger partial charge on any atom is -0.481 e.